The molecule has 1 amide bonds. The van der Waals surface area contributed by atoms with Gasteiger partial charge in [0.05, 0.1) is 5.56 Å². The lowest BCUT2D eigenvalue weighted by Gasteiger charge is -2.10. The van der Waals surface area contributed by atoms with Gasteiger partial charge < -0.3 is 5.32 Å². The first-order valence-corrected chi connectivity index (χ1v) is 5.70. The van der Waals surface area contributed by atoms with Gasteiger partial charge in [-0.3, -0.25) is 4.79 Å². The summed E-state index contributed by atoms with van der Waals surface area (Å²) in [6, 6.07) is 6.14. The van der Waals surface area contributed by atoms with Crippen LogP contribution in [-0.2, 0) is 6.18 Å². The van der Waals surface area contributed by atoms with Gasteiger partial charge in [-0.2, -0.15) is 13.2 Å². The van der Waals surface area contributed by atoms with Crippen LogP contribution in [0.5, 0.6) is 0 Å². The van der Waals surface area contributed by atoms with Crippen LogP contribution in [0.4, 0.5) is 27.6 Å². The molecule has 2 nitrogen and oxygen atoms in total. The second kappa shape index (κ2) is 5.51. The topological polar surface area (TPSA) is 29.1 Å². The molecule has 2 aromatic carbocycles. The van der Waals surface area contributed by atoms with Crippen molar-refractivity contribution in [2.75, 3.05) is 5.32 Å². The Morgan fingerprint density at radius 3 is 2.10 bits per heavy atom. The van der Waals surface area contributed by atoms with E-state index in [1.165, 1.54) is 12.1 Å². The van der Waals surface area contributed by atoms with Gasteiger partial charge in [0.25, 0.3) is 5.91 Å². The molecule has 0 aromatic heterocycles. The van der Waals surface area contributed by atoms with Crippen LogP contribution in [0.15, 0.2) is 42.5 Å². The Morgan fingerprint density at radius 1 is 0.905 bits per heavy atom. The SMILES string of the molecule is O=C(Nc1ccc(F)cc1)c1cc(F)cc(C(F)(F)F)c1. The van der Waals surface area contributed by atoms with Gasteiger partial charge >= 0.3 is 6.18 Å². The van der Waals surface area contributed by atoms with Crippen LogP contribution >= 0.6 is 0 Å². The average Bonchev–Trinajstić information content (AvgIpc) is 2.39. The summed E-state index contributed by atoms with van der Waals surface area (Å²) in [5.74, 6) is -2.63. The number of carbonyl (C=O) groups is 1. The summed E-state index contributed by atoms with van der Waals surface area (Å²) in [5.41, 5.74) is -1.56. The molecule has 21 heavy (non-hydrogen) atoms. The van der Waals surface area contributed by atoms with Crippen molar-refractivity contribution in [3.63, 3.8) is 0 Å². The van der Waals surface area contributed by atoms with Gasteiger partial charge in [-0.15, -0.1) is 0 Å². The van der Waals surface area contributed by atoms with Crippen molar-refractivity contribution in [3.05, 3.63) is 65.2 Å². The predicted octanol–water partition coefficient (Wildman–Crippen LogP) is 4.24. The molecule has 0 saturated heterocycles. The predicted molar refractivity (Wildman–Crippen MR) is 65.8 cm³/mol. The highest BCUT2D eigenvalue weighted by Crippen LogP contribution is 2.30. The van der Waals surface area contributed by atoms with Crippen molar-refractivity contribution in [3.8, 4) is 0 Å². The largest absolute Gasteiger partial charge is 0.416 e. The van der Waals surface area contributed by atoms with E-state index >= 15 is 0 Å². The molecule has 0 aliphatic rings. The van der Waals surface area contributed by atoms with Gasteiger partial charge in [0, 0.05) is 11.3 Å². The van der Waals surface area contributed by atoms with Crippen LogP contribution in [0, 0.1) is 11.6 Å². The first-order valence-electron chi connectivity index (χ1n) is 5.70. The molecule has 0 aliphatic heterocycles. The van der Waals surface area contributed by atoms with E-state index in [0.29, 0.717) is 18.2 Å². The molecular weight excluding hydrogens is 293 g/mol. The lowest BCUT2D eigenvalue weighted by Crippen LogP contribution is -2.14. The summed E-state index contributed by atoms with van der Waals surface area (Å²) in [6.45, 7) is 0. The van der Waals surface area contributed by atoms with Crippen LogP contribution in [0.1, 0.15) is 15.9 Å². The van der Waals surface area contributed by atoms with E-state index in [2.05, 4.69) is 5.32 Å². The summed E-state index contributed by atoms with van der Waals surface area (Å²) >= 11 is 0. The Labute approximate surface area is 116 Å². The van der Waals surface area contributed by atoms with Crippen LogP contribution in [-0.4, -0.2) is 5.91 Å². The fraction of sp³-hybridized carbons (Fsp3) is 0.0714. The number of hydrogen-bond donors (Lipinski definition) is 1. The lowest BCUT2D eigenvalue weighted by molar-refractivity contribution is -0.137. The van der Waals surface area contributed by atoms with Crippen LogP contribution in [0.3, 0.4) is 0 Å². The van der Waals surface area contributed by atoms with E-state index in [1.807, 2.05) is 0 Å². The zero-order valence-corrected chi connectivity index (χ0v) is 10.3. The number of halogens is 5. The third-order valence-corrected chi connectivity index (χ3v) is 2.59. The maximum absolute atomic E-state index is 13.2. The van der Waals surface area contributed by atoms with Gasteiger partial charge in [-0.25, -0.2) is 8.78 Å². The molecule has 0 unspecified atom stereocenters. The zero-order valence-electron chi connectivity index (χ0n) is 10.3. The van der Waals surface area contributed by atoms with Crippen molar-refractivity contribution in [2.45, 2.75) is 6.18 Å². The van der Waals surface area contributed by atoms with Crippen molar-refractivity contribution in [1.29, 1.82) is 0 Å². The maximum atomic E-state index is 13.2. The normalized spacial score (nSPS) is 11.3. The number of nitrogens with one attached hydrogen (secondary N) is 1. The maximum Gasteiger partial charge on any atom is 0.416 e. The van der Waals surface area contributed by atoms with Gasteiger partial charge in [0.1, 0.15) is 11.6 Å². The molecule has 110 valence electrons. The Bertz CT molecular complexity index is 664. The van der Waals surface area contributed by atoms with E-state index in [4.69, 9.17) is 0 Å². The molecule has 0 radical (unpaired) electrons. The minimum atomic E-state index is -4.76. The summed E-state index contributed by atoms with van der Waals surface area (Å²) in [4.78, 5) is 11.8. The minimum absolute atomic E-state index is 0.180. The number of hydrogen-bond acceptors (Lipinski definition) is 1. The standard InChI is InChI=1S/C14H8F5NO/c15-10-1-3-12(4-2-10)20-13(21)8-5-9(14(17,18)19)7-11(16)6-8/h1-7H,(H,20,21). The second-order valence-electron chi connectivity index (χ2n) is 4.19. The summed E-state index contributed by atoms with van der Waals surface area (Å²) < 4.78 is 63.5. The van der Waals surface area contributed by atoms with Crippen molar-refractivity contribution < 1.29 is 26.7 Å². The summed E-state index contributed by atoms with van der Waals surface area (Å²) in [7, 11) is 0. The fourth-order valence-electron chi connectivity index (χ4n) is 1.62. The molecule has 0 heterocycles. The van der Waals surface area contributed by atoms with Crippen molar-refractivity contribution in [1.82, 2.24) is 0 Å². The first kappa shape index (κ1) is 15.0. The van der Waals surface area contributed by atoms with E-state index in [-0.39, 0.29) is 5.69 Å². The number of rotatable bonds is 2. The quantitative estimate of drug-likeness (QED) is 0.826. The molecule has 2 aromatic rings. The highest BCUT2D eigenvalue weighted by atomic mass is 19.4. The van der Waals surface area contributed by atoms with E-state index in [0.717, 1.165) is 12.1 Å². The highest BCUT2D eigenvalue weighted by molar-refractivity contribution is 6.04. The Hall–Kier alpha value is -2.44. The monoisotopic (exact) mass is 301 g/mol. The number of alkyl halides is 3. The fourth-order valence-corrected chi connectivity index (χ4v) is 1.62. The highest BCUT2D eigenvalue weighted by Gasteiger charge is 2.32. The van der Waals surface area contributed by atoms with Crippen LogP contribution in [0.2, 0.25) is 0 Å². The first-order chi connectivity index (χ1) is 9.75. The molecule has 7 heteroatoms. The molecule has 1 N–H and O–H groups in total. The molecule has 0 saturated carbocycles. The number of carbonyl (C=O) groups excluding carboxylic acids is 1. The number of benzene rings is 2. The van der Waals surface area contributed by atoms with E-state index < -0.39 is 34.8 Å². The van der Waals surface area contributed by atoms with Gasteiger partial charge in [0.15, 0.2) is 0 Å². The number of anilines is 1. The lowest BCUT2D eigenvalue weighted by atomic mass is 10.1. The third kappa shape index (κ3) is 3.77. The second-order valence-corrected chi connectivity index (χ2v) is 4.19. The van der Waals surface area contributed by atoms with Gasteiger partial charge in [-0.1, -0.05) is 0 Å². The summed E-state index contributed by atoms with van der Waals surface area (Å²) in [5, 5.41) is 2.25. The minimum Gasteiger partial charge on any atom is -0.322 e. The van der Waals surface area contributed by atoms with Gasteiger partial charge in [0.2, 0.25) is 0 Å². The van der Waals surface area contributed by atoms with E-state index in [1.54, 1.807) is 0 Å². The third-order valence-electron chi connectivity index (χ3n) is 2.59. The zero-order chi connectivity index (χ0) is 15.6. The van der Waals surface area contributed by atoms with Crippen LogP contribution in [0.25, 0.3) is 0 Å². The molecule has 0 fully saturated rings. The van der Waals surface area contributed by atoms with Crippen molar-refractivity contribution >= 4 is 11.6 Å². The molecule has 0 bridgehead atoms. The Morgan fingerprint density at radius 2 is 1.52 bits per heavy atom. The molecule has 0 atom stereocenters. The average molecular weight is 301 g/mol. The number of amides is 1. The summed E-state index contributed by atoms with van der Waals surface area (Å²) in [6.07, 6.45) is -4.76. The molecule has 2 rings (SSSR count). The molecule has 0 spiro atoms. The van der Waals surface area contributed by atoms with Gasteiger partial charge in [-0.05, 0) is 42.5 Å². The smallest absolute Gasteiger partial charge is 0.322 e. The molecule has 0 aliphatic carbocycles. The Balaban J connectivity index is 2.27. The van der Waals surface area contributed by atoms with E-state index in [9.17, 15) is 26.7 Å². The van der Waals surface area contributed by atoms with Crippen molar-refractivity contribution in [2.24, 2.45) is 0 Å². The Kier molecular flexibility index (Phi) is 3.93. The van der Waals surface area contributed by atoms with Crippen LogP contribution < -0.4 is 5.32 Å². The molecular formula is C14H8F5NO.